The van der Waals surface area contributed by atoms with Crippen molar-refractivity contribution >= 4 is 39.8 Å². The Morgan fingerprint density at radius 2 is 2.16 bits per heavy atom. The number of hydrogen-bond donors (Lipinski definition) is 1. The Morgan fingerprint density at radius 1 is 1.34 bits per heavy atom. The number of nitrogens with one attached hydrogen (secondary N) is 1. The van der Waals surface area contributed by atoms with Crippen LogP contribution in [0.1, 0.15) is 64.5 Å². The van der Waals surface area contributed by atoms with Crippen LogP contribution in [-0.4, -0.2) is 64.1 Å². The summed E-state index contributed by atoms with van der Waals surface area (Å²) in [6.07, 6.45) is 6.17. The van der Waals surface area contributed by atoms with E-state index in [1.807, 2.05) is 13.0 Å². The number of nitriles is 1. The SMILES string of the molecule is CCCO[C@H]1CN(c2nc(-c3cnccn3)c(C(=O)OCC)s2)CC[C@H]1CC(=O)c1[nH]c(C)c(Cl)c1C#N. The number of aromatic nitrogens is 4. The fraction of sp³-hybridized carbons (Fsp3) is 0.462. The molecular weight excluding hydrogens is 528 g/mol. The van der Waals surface area contributed by atoms with Gasteiger partial charge in [0.1, 0.15) is 28.0 Å². The van der Waals surface area contributed by atoms with Crippen LogP contribution in [0.15, 0.2) is 18.6 Å². The number of ketones is 1. The Kier molecular flexibility index (Phi) is 9.09. The van der Waals surface area contributed by atoms with Crippen molar-refractivity contribution < 1.29 is 19.1 Å². The lowest BCUT2D eigenvalue weighted by Crippen LogP contribution is -2.46. The van der Waals surface area contributed by atoms with E-state index in [1.165, 1.54) is 11.3 Å². The number of esters is 1. The van der Waals surface area contributed by atoms with E-state index in [4.69, 9.17) is 26.1 Å². The third-order valence-corrected chi connectivity index (χ3v) is 7.90. The zero-order chi connectivity index (χ0) is 27.2. The van der Waals surface area contributed by atoms with Crippen LogP contribution in [0.4, 0.5) is 5.13 Å². The Hall–Kier alpha value is -3.33. The van der Waals surface area contributed by atoms with Gasteiger partial charge in [-0.15, -0.1) is 0 Å². The summed E-state index contributed by atoms with van der Waals surface area (Å²) < 4.78 is 11.5. The van der Waals surface area contributed by atoms with Gasteiger partial charge in [0.2, 0.25) is 0 Å². The molecule has 4 heterocycles. The quantitative estimate of drug-likeness (QED) is 0.275. The summed E-state index contributed by atoms with van der Waals surface area (Å²) in [4.78, 5) is 44.5. The van der Waals surface area contributed by atoms with E-state index >= 15 is 0 Å². The Morgan fingerprint density at radius 3 is 2.84 bits per heavy atom. The number of H-pyrrole nitrogens is 1. The largest absolute Gasteiger partial charge is 0.462 e. The summed E-state index contributed by atoms with van der Waals surface area (Å²) in [7, 11) is 0. The molecule has 1 aliphatic heterocycles. The standard InChI is InChI=1S/C26H29ClN6O4S/c1-4-10-37-20-14-33(9-6-16(20)11-19(34)22-17(12-28)21(27)15(3)31-22)26-32-23(18-13-29-7-8-30-18)24(38-26)25(35)36-5-2/h7-8,13,16,20,31H,4-6,9-11,14H2,1-3H3/t16-,20-/m0/s1. The van der Waals surface area contributed by atoms with Gasteiger partial charge in [0, 0.05) is 44.2 Å². The molecule has 0 radical (unpaired) electrons. The van der Waals surface area contributed by atoms with Crippen molar-refractivity contribution in [2.45, 2.75) is 46.1 Å². The number of hydrogen-bond acceptors (Lipinski definition) is 10. The van der Waals surface area contributed by atoms with Crippen molar-refractivity contribution in [1.29, 1.82) is 5.26 Å². The van der Waals surface area contributed by atoms with Gasteiger partial charge in [0.25, 0.3) is 0 Å². The molecule has 1 aliphatic rings. The molecule has 10 nitrogen and oxygen atoms in total. The monoisotopic (exact) mass is 556 g/mol. The van der Waals surface area contributed by atoms with E-state index in [1.54, 1.807) is 32.4 Å². The number of anilines is 1. The highest BCUT2D eigenvalue weighted by molar-refractivity contribution is 7.17. The van der Waals surface area contributed by atoms with Crippen LogP contribution in [0.5, 0.6) is 0 Å². The summed E-state index contributed by atoms with van der Waals surface area (Å²) in [6, 6.07) is 2.04. The smallest absolute Gasteiger partial charge is 0.350 e. The van der Waals surface area contributed by atoms with Crippen molar-refractivity contribution in [2.24, 2.45) is 5.92 Å². The van der Waals surface area contributed by atoms with Crippen molar-refractivity contribution in [1.82, 2.24) is 19.9 Å². The molecule has 2 atom stereocenters. The highest BCUT2D eigenvalue weighted by Crippen LogP contribution is 2.36. The Labute approximate surface area is 230 Å². The lowest BCUT2D eigenvalue weighted by atomic mass is 9.88. The van der Waals surface area contributed by atoms with Crippen molar-refractivity contribution in [3.63, 3.8) is 0 Å². The van der Waals surface area contributed by atoms with Crippen LogP contribution in [-0.2, 0) is 9.47 Å². The molecule has 0 amide bonds. The number of Topliss-reactive ketones (excluding diaryl/α,β-unsaturated/α-hetero) is 1. The number of carbonyl (C=O) groups excluding carboxylic acids is 2. The molecule has 0 aromatic carbocycles. The van der Waals surface area contributed by atoms with Gasteiger partial charge in [0.15, 0.2) is 10.9 Å². The van der Waals surface area contributed by atoms with Crippen LogP contribution in [0.2, 0.25) is 5.02 Å². The second kappa shape index (κ2) is 12.5. The molecule has 0 spiro atoms. The maximum atomic E-state index is 13.2. The predicted octanol–water partition coefficient (Wildman–Crippen LogP) is 4.83. The lowest BCUT2D eigenvalue weighted by Gasteiger charge is -2.38. The van der Waals surface area contributed by atoms with Crippen LogP contribution in [0, 0.1) is 24.2 Å². The Balaban J connectivity index is 1.57. The number of aromatic amines is 1. The first-order valence-electron chi connectivity index (χ1n) is 12.5. The van der Waals surface area contributed by atoms with Gasteiger partial charge in [-0.2, -0.15) is 5.26 Å². The molecule has 4 rings (SSSR count). The lowest BCUT2D eigenvalue weighted by molar-refractivity contribution is 0.00383. The van der Waals surface area contributed by atoms with Gasteiger partial charge in [-0.1, -0.05) is 29.9 Å². The van der Waals surface area contributed by atoms with Crippen molar-refractivity contribution in [2.75, 3.05) is 31.2 Å². The van der Waals surface area contributed by atoms with Gasteiger partial charge >= 0.3 is 5.97 Å². The van der Waals surface area contributed by atoms with E-state index in [9.17, 15) is 14.9 Å². The van der Waals surface area contributed by atoms with E-state index in [0.717, 1.165) is 6.42 Å². The van der Waals surface area contributed by atoms with Crippen LogP contribution >= 0.6 is 22.9 Å². The summed E-state index contributed by atoms with van der Waals surface area (Å²) in [5.41, 5.74) is 1.96. The third kappa shape index (κ3) is 5.88. The van der Waals surface area contributed by atoms with E-state index in [2.05, 4.69) is 19.9 Å². The number of aryl methyl sites for hydroxylation is 1. The first-order chi connectivity index (χ1) is 18.4. The average Bonchev–Trinajstić information content (AvgIpc) is 3.50. The van der Waals surface area contributed by atoms with Gasteiger partial charge in [-0.25, -0.2) is 9.78 Å². The van der Waals surface area contributed by atoms with Crippen molar-refractivity contribution in [3.05, 3.63) is 45.4 Å². The number of ether oxygens (including phenoxy) is 2. The minimum atomic E-state index is -0.454. The summed E-state index contributed by atoms with van der Waals surface area (Å²) in [6.45, 7) is 7.45. The number of carbonyl (C=O) groups is 2. The fourth-order valence-corrected chi connectivity index (χ4v) is 5.65. The average molecular weight is 557 g/mol. The predicted molar refractivity (Wildman–Crippen MR) is 144 cm³/mol. The maximum Gasteiger partial charge on any atom is 0.350 e. The zero-order valence-electron chi connectivity index (χ0n) is 21.5. The fourth-order valence-electron chi connectivity index (χ4n) is 4.46. The van der Waals surface area contributed by atoms with Crippen LogP contribution in [0.3, 0.4) is 0 Å². The first kappa shape index (κ1) is 27.7. The minimum absolute atomic E-state index is 0.0526. The second-order valence-corrected chi connectivity index (χ2v) is 10.3. The van der Waals surface area contributed by atoms with Crippen LogP contribution in [0.25, 0.3) is 11.4 Å². The minimum Gasteiger partial charge on any atom is -0.462 e. The second-order valence-electron chi connectivity index (χ2n) is 8.94. The molecule has 1 saturated heterocycles. The molecule has 3 aromatic heterocycles. The summed E-state index contributed by atoms with van der Waals surface area (Å²) in [5.74, 6) is -0.670. The normalized spacial score (nSPS) is 17.3. The molecule has 200 valence electrons. The van der Waals surface area contributed by atoms with E-state index < -0.39 is 5.97 Å². The molecule has 0 aliphatic carbocycles. The van der Waals surface area contributed by atoms with Crippen LogP contribution < -0.4 is 4.90 Å². The number of nitrogens with zero attached hydrogens (tertiary/aromatic N) is 5. The molecule has 1 N–H and O–H groups in total. The van der Waals surface area contributed by atoms with E-state index in [-0.39, 0.29) is 47.1 Å². The number of piperidine rings is 1. The highest BCUT2D eigenvalue weighted by Gasteiger charge is 2.35. The molecule has 0 unspecified atom stereocenters. The molecule has 0 saturated carbocycles. The topological polar surface area (TPSA) is 134 Å². The summed E-state index contributed by atoms with van der Waals surface area (Å²) in [5, 5.41) is 10.4. The van der Waals surface area contributed by atoms with E-state index in [0.29, 0.717) is 53.2 Å². The number of rotatable bonds is 10. The van der Waals surface area contributed by atoms with Gasteiger partial charge < -0.3 is 19.4 Å². The van der Waals surface area contributed by atoms with Crippen molar-refractivity contribution in [3.8, 4) is 17.5 Å². The summed E-state index contributed by atoms with van der Waals surface area (Å²) >= 11 is 7.45. The third-order valence-electron chi connectivity index (χ3n) is 6.33. The molecular formula is C26H29ClN6O4S. The molecule has 3 aromatic rings. The van der Waals surface area contributed by atoms with Gasteiger partial charge in [-0.3, -0.25) is 14.8 Å². The van der Waals surface area contributed by atoms with Gasteiger partial charge in [-0.05, 0) is 32.6 Å². The molecule has 12 heteroatoms. The number of thiazole rings is 1. The van der Waals surface area contributed by atoms with Gasteiger partial charge in [0.05, 0.1) is 29.5 Å². The Bertz CT molecular complexity index is 1340. The number of halogens is 1. The maximum absolute atomic E-state index is 13.2. The zero-order valence-corrected chi connectivity index (χ0v) is 23.1. The first-order valence-corrected chi connectivity index (χ1v) is 13.7. The highest BCUT2D eigenvalue weighted by atomic mass is 35.5. The molecule has 0 bridgehead atoms. The molecule has 38 heavy (non-hydrogen) atoms. The molecule has 1 fully saturated rings.